The summed E-state index contributed by atoms with van der Waals surface area (Å²) in [5.74, 6) is 0.686. The maximum atomic E-state index is 6.02. The Morgan fingerprint density at radius 2 is 2.17 bits per heavy atom. The lowest BCUT2D eigenvalue weighted by molar-refractivity contribution is -0.00320. The van der Waals surface area contributed by atoms with Crippen molar-refractivity contribution in [3.8, 4) is 0 Å². The van der Waals surface area contributed by atoms with Crippen molar-refractivity contribution in [1.82, 2.24) is 0 Å². The van der Waals surface area contributed by atoms with E-state index in [1.165, 1.54) is 12.8 Å². The number of ether oxygens (including phenoxy) is 1. The average molecular weight is 171 g/mol. The summed E-state index contributed by atoms with van der Waals surface area (Å²) < 4.78 is 5.62. The molecule has 0 aromatic heterocycles. The van der Waals surface area contributed by atoms with Gasteiger partial charge in [-0.15, -0.1) is 0 Å². The van der Waals surface area contributed by atoms with Crippen LogP contribution in [-0.4, -0.2) is 18.8 Å². The molecule has 0 aliphatic carbocycles. The van der Waals surface area contributed by atoms with Crippen LogP contribution in [-0.2, 0) is 4.74 Å². The van der Waals surface area contributed by atoms with E-state index in [2.05, 4.69) is 13.8 Å². The summed E-state index contributed by atoms with van der Waals surface area (Å²) in [6.45, 7) is 5.34. The molecule has 1 aliphatic rings. The Hall–Kier alpha value is -0.0800. The van der Waals surface area contributed by atoms with Crippen LogP contribution in [0.3, 0.4) is 0 Å². The van der Waals surface area contributed by atoms with Crippen LogP contribution in [0.25, 0.3) is 0 Å². The minimum absolute atomic E-state index is 0.255. The van der Waals surface area contributed by atoms with Gasteiger partial charge in [0.25, 0.3) is 0 Å². The molecule has 72 valence electrons. The minimum Gasteiger partial charge on any atom is -0.377 e. The molecule has 2 N–H and O–H groups in total. The molecule has 0 aromatic rings. The molecule has 2 heteroatoms. The van der Waals surface area contributed by atoms with Gasteiger partial charge in [-0.2, -0.15) is 0 Å². The van der Waals surface area contributed by atoms with Crippen LogP contribution in [0.15, 0.2) is 0 Å². The monoisotopic (exact) mass is 171 g/mol. The van der Waals surface area contributed by atoms with E-state index < -0.39 is 0 Å². The lowest BCUT2D eigenvalue weighted by Crippen LogP contribution is -2.39. The zero-order valence-electron chi connectivity index (χ0n) is 8.25. The minimum atomic E-state index is 0.255. The largest absolute Gasteiger partial charge is 0.377 e. The molecule has 12 heavy (non-hydrogen) atoms. The Morgan fingerprint density at radius 3 is 2.67 bits per heavy atom. The second-order valence-corrected chi connectivity index (χ2v) is 4.20. The molecule has 1 fully saturated rings. The molecule has 2 nitrogen and oxygen atoms in total. The molecule has 0 spiro atoms. The Morgan fingerprint density at radius 1 is 1.42 bits per heavy atom. The summed E-state index contributed by atoms with van der Waals surface area (Å²) in [6.07, 6.45) is 5.08. The quantitative estimate of drug-likeness (QED) is 0.704. The van der Waals surface area contributed by atoms with Gasteiger partial charge in [-0.1, -0.05) is 13.8 Å². The third-order valence-corrected chi connectivity index (χ3v) is 2.44. The first-order chi connectivity index (χ1) is 5.70. The van der Waals surface area contributed by atoms with Crippen LogP contribution in [0.2, 0.25) is 0 Å². The van der Waals surface area contributed by atoms with E-state index in [1.807, 2.05) is 0 Å². The number of hydrogen-bond acceptors (Lipinski definition) is 2. The van der Waals surface area contributed by atoms with Crippen molar-refractivity contribution in [3.63, 3.8) is 0 Å². The predicted molar refractivity (Wildman–Crippen MR) is 51.0 cm³/mol. The van der Waals surface area contributed by atoms with Gasteiger partial charge in [0, 0.05) is 12.6 Å². The zero-order chi connectivity index (χ0) is 8.97. The molecule has 1 heterocycles. The summed E-state index contributed by atoms with van der Waals surface area (Å²) in [5, 5.41) is 0. The second kappa shape index (κ2) is 4.83. The standard InChI is InChI=1S/C10H21NO/c1-8(2)7-9(11)10-5-3-4-6-12-10/h8-10H,3-7,11H2,1-2H3. The maximum absolute atomic E-state index is 6.02. The van der Waals surface area contributed by atoms with E-state index in [4.69, 9.17) is 10.5 Å². The van der Waals surface area contributed by atoms with Crippen LogP contribution >= 0.6 is 0 Å². The first-order valence-corrected chi connectivity index (χ1v) is 5.07. The van der Waals surface area contributed by atoms with Gasteiger partial charge in [-0.05, 0) is 31.6 Å². The molecular weight excluding hydrogens is 150 g/mol. The fourth-order valence-corrected chi connectivity index (χ4v) is 1.80. The predicted octanol–water partition coefficient (Wildman–Crippen LogP) is 1.93. The highest BCUT2D eigenvalue weighted by molar-refractivity contribution is 4.76. The van der Waals surface area contributed by atoms with Gasteiger partial charge >= 0.3 is 0 Å². The van der Waals surface area contributed by atoms with E-state index in [0.29, 0.717) is 12.0 Å². The molecule has 0 radical (unpaired) electrons. The molecule has 1 aliphatic heterocycles. The zero-order valence-corrected chi connectivity index (χ0v) is 8.25. The molecular formula is C10H21NO. The maximum Gasteiger partial charge on any atom is 0.0726 e. The van der Waals surface area contributed by atoms with Crippen molar-refractivity contribution in [2.75, 3.05) is 6.61 Å². The normalized spacial score (nSPS) is 27.5. The van der Waals surface area contributed by atoms with Crippen molar-refractivity contribution < 1.29 is 4.74 Å². The second-order valence-electron chi connectivity index (χ2n) is 4.20. The summed E-state index contributed by atoms with van der Waals surface area (Å²) >= 11 is 0. The smallest absolute Gasteiger partial charge is 0.0726 e. The molecule has 2 unspecified atom stereocenters. The Kier molecular flexibility index (Phi) is 4.02. The van der Waals surface area contributed by atoms with Crippen LogP contribution in [0.4, 0.5) is 0 Å². The van der Waals surface area contributed by atoms with E-state index in [9.17, 15) is 0 Å². The summed E-state index contributed by atoms with van der Waals surface area (Å²) in [6, 6.07) is 0.255. The van der Waals surface area contributed by atoms with Gasteiger partial charge in [-0.3, -0.25) is 0 Å². The molecule has 0 amide bonds. The highest BCUT2D eigenvalue weighted by atomic mass is 16.5. The van der Waals surface area contributed by atoms with Crippen molar-refractivity contribution >= 4 is 0 Å². The van der Waals surface area contributed by atoms with E-state index in [0.717, 1.165) is 19.4 Å². The molecule has 0 saturated carbocycles. The lowest BCUT2D eigenvalue weighted by atomic mass is 9.95. The highest BCUT2D eigenvalue weighted by Crippen LogP contribution is 2.18. The summed E-state index contributed by atoms with van der Waals surface area (Å²) in [5.41, 5.74) is 6.02. The Bertz CT molecular complexity index is 119. The molecule has 2 atom stereocenters. The fourth-order valence-electron chi connectivity index (χ4n) is 1.80. The van der Waals surface area contributed by atoms with E-state index in [-0.39, 0.29) is 6.04 Å². The first-order valence-electron chi connectivity index (χ1n) is 5.07. The number of hydrogen-bond donors (Lipinski definition) is 1. The van der Waals surface area contributed by atoms with Crippen molar-refractivity contribution in [2.24, 2.45) is 11.7 Å². The third kappa shape index (κ3) is 3.11. The first kappa shape index (κ1) is 10.0. The third-order valence-electron chi connectivity index (χ3n) is 2.44. The molecule has 0 aromatic carbocycles. The van der Waals surface area contributed by atoms with Crippen LogP contribution < -0.4 is 5.73 Å². The van der Waals surface area contributed by atoms with Gasteiger partial charge in [-0.25, -0.2) is 0 Å². The fraction of sp³-hybridized carbons (Fsp3) is 1.00. The lowest BCUT2D eigenvalue weighted by Gasteiger charge is -2.28. The van der Waals surface area contributed by atoms with E-state index >= 15 is 0 Å². The van der Waals surface area contributed by atoms with E-state index in [1.54, 1.807) is 0 Å². The van der Waals surface area contributed by atoms with Gasteiger partial charge in [0.1, 0.15) is 0 Å². The highest BCUT2D eigenvalue weighted by Gasteiger charge is 2.21. The number of nitrogens with two attached hydrogens (primary N) is 1. The number of rotatable bonds is 3. The molecule has 0 bridgehead atoms. The van der Waals surface area contributed by atoms with Gasteiger partial charge < -0.3 is 10.5 Å². The van der Waals surface area contributed by atoms with Crippen LogP contribution in [0, 0.1) is 5.92 Å². The summed E-state index contributed by atoms with van der Waals surface area (Å²) in [7, 11) is 0. The summed E-state index contributed by atoms with van der Waals surface area (Å²) in [4.78, 5) is 0. The molecule has 1 saturated heterocycles. The van der Waals surface area contributed by atoms with Crippen molar-refractivity contribution in [2.45, 2.75) is 51.7 Å². The van der Waals surface area contributed by atoms with Crippen LogP contribution in [0.5, 0.6) is 0 Å². The topological polar surface area (TPSA) is 35.2 Å². The Balaban J connectivity index is 2.24. The van der Waals surface area contributed by atoms with Gasteiger partial charge in [0.15, 0.2) is 0 Å². The van der Waals surface area contributed by atoms with Crippen LogP contribution in [0.1, 0.15) is 39.5 Å². The van der Waals surface area contributed by atoms with Crippen molar-refractivity contribution in [3.05, 3.63) is 0 Å². The van der Waals surface area contributed by atoms with Crippen molar-refractivity contribution in [1.29, 1.82) is 0 Å². The molecule has 1 rings (SSSR count). The SMILES string of the molecule is CC(C)CC(N)C1CCCCO1. The van der Waals surface area contributed by atoms with Gasteiger partial charge in [0.05, 0.1) is 6.10 Å². The Labute approximate surface area is 75.5 Å². The average Bonchev–Trinajstić information content (AvgIpc) is 2.05. The van der Waals surface area contributed by atoms with Gasteiger partial charge in [0.2, 0.25) is 0 Å².